The minimum atomic E-state index is 0.500. The number of anilines is 1. The van der Waals surface area contributed by atoms with Crippen molar-refractivity contribution in [3.63, 3.8) is 0 Å². The normalized spacial score (nSPS) is 11.1. The van der Waals surface area contributed by atoms with E-state index in [9.17, 15) is 0 Å². The molecule has 0 aliphatic rings. The molecular weight excluding hydrogens is 234 g/mol. The first-order valence-corrected chi connectivity index (χ1v) is 6.97. The first-order chi connectivity index (χ1) is 8.19. The molecule has 5 heteroatoms. The molecule has 98 valence electrons. The van der Waals surface area contributed by atoms with E-state index in [1.54, 1.807) is 18.4 Å². The number of rotatable bonds is 8. The maximum absolute atomic E-state index is 4.98. The van der Waals surface area contributed by atoms with Crippen molar-refractivity contribution in [2.45, 2.75) is 33.4 Å². The highest BCUT2D eigenvalue weighted by Crippen LogP contribution is 2.22. The third kappa shape index (κ3) is 4.61. The first-order valence-electron chi connectivity index (χ1n) is 6.09. The maximum atomic E-state index is 4.98. The van der Waals surface area contributed by atoms with Gasteiger partial charge in [0, 0.05) is 38.2 Å². The molecule has 0 unspecified atom stereocenters. The molecule has 17 heavy (non-hydrogen) atoms. The molecule has 0 aliphatic heterocycles. The Morgan fingerprint density at radius 3 is 2.88 bits per heavy atom. The number of aromatic nitrogens is 1. The van der Waals surface area contributed by atoms with Gasteiger partial charge in [0.1, 0.15) is 0 Å². The minimum absolute atomic E-state index is 0.500. The van der Waals surface area contributed by atoms with Crippen molar-refractivity contribution >= 4 is 16.5 Å². The second kappa shape index (κ2) is 7.63. The summed E-state index contributed by atoms with van der Waals surface area (Å²) in [7, 11) is 1.71. The van der Waals surface area contributed by atoms with Gasteiger partial charge in [-0.1, -0.05) is 0 Å². The zero-order chi connectivity index (χ0) is 12.7. The average molecular weight is 257 g/mol. The van der Waals surface area contributed by atoms with E-state index in [4.69, 9.17) is 4.74 Å². The monoisotopic (exact) mass is 257 g/mol. The van der Waals surface area contributed by atoms with Gasteiger partial charge in [-0.25, -0.2) is 4.98 Å². The molecule has 0 spiro atoms. The molecular formula is C12H23N3OS. The first kappa shape index (κ1) is 14.4. The molecule has 0 atom stereocenters. The van der Waals surface area contributed by atoms with E-state index in [0.29, 0.717) is 6.04 Å². The number of hydrogen-bond donors (Lipinski definition) is 1. The Balaban J connectivity index is 2.46. The summed E-state index contributed by atoms with van der Waals surface area (Å²) in [5.41, 5.74) is 1.11. The largest absolute Gasteiger partial charge is 0.383 e. The van der Waals surface area contributed by atoms with Crippen molar-refractivity contribution in [1.82, 2.24) is 10.3 Å². The van der Waals surface area contributed by atoms with Crippen LogP contribution in [0.2, 0.25) is 0 Å². The standard InChI is InChI=1S/C12H23N3OS/c1-5-15(10(2)3)12-14-11(9-17-12)8-13-6-7-16-4/h9-10,13H,5-8H2,1-4H3. The van der Waals surface area contributed by atoms with E-state index in [-0.39, 0.29) is 0 Å². The minimum Gasteiger partial charge on any atom is -0.383 e. The van der Waals surface area contributed by atoms with Crippen LogP contribution in [0, 0.1) is 0 Å². The van der Waals surface area contributed by atoms with Gasteiger partial charge < -0.3 is 15.0 Å². The number of nitrogens with one attached hydrogen (secondary N) is 1. The molecule has 1 rings (SSSR count). The molecule has 0 fully saturated rings. The Kier molecular flexibility index (Phi) is 6.47. The molecule has 1 aromatic rings. The number of thiazole rings is 1. The van der Waals surface area contributed by atoms with Crippen molar-refractivity contribution < 1.29 is 4.74 Å². The van der Waals surface area contributed by atoms with Crippen LogP contribution in [0.5, 0.6) is 0 Å². The summed E-state index contributed by atoms with van der Waals surface area (Å²) in [6, 6.07) is 0.500. The topological polar surface area (TPSA) is 37.4 Å². The predicted molar refractivity (Wildman–Crippen MR) is 73.9 cm³/mol. The Morgan fingerprint density at radius 2 is 2.29 bits per heavy atom. The molecule has 0 saturated heterocycles. The summed E-state index contributed by atoms with van der Waals surface area (Å²) >= 11 is 1.72. The highest BCUT2D eigenvalue weighted by molar-refractivity contribution is 7.13. The van der Waals surface area contributed by atoms with Gasteiger partial charge in [0.05, 0.1) is 12.3 Å². The quantitative estimate of drug-likeness (QED) is 0.724. The number of ether oxygens (including phenoxy) is 1. The summed E-state index contributed by atoms with van der Waals surface area (Å²) in [5.74, 6) is 0. The van der Waals surface area contributed by atoms with Crippen LogP contribution in [0.1, 0.15) is 26.5 Å². The molecule has 1 heterocycles. The van der Waals surface area contributed by atoms with E-state index in [2.05, 4.69) is 41.4 Å². The van der Waals surface area contributed by atoms with Gasteiger partial charge >= 0.3 is 0 Å². The van der Waals surface area contributed by atoms with Crippen LogP contribution in [-0.2, 0) is 11.3 Å². The zero-order valence-electron chi connectivity index (χ0n) is 11.2. The molecule has 0 aromatic carbocycles. The number of hydrogen-bond acceptors (Lipinski definition) is 5. The number of methoxy groups -OCH3 is 1. The molecule has 0 saturated carbocycles. The van der Waals surface area contributed by atoms with Crippen molar-refractivity contribution in [1.29, 1.82) is 0 Å². The predicted octanol–water partition coefficient (Wildman–Crippen LogP) is 2.11. The highest BCUT2D eigenvalue weighted by atomic mass is 32.1. The lowest BCUT2D eigenvalue weighted by Gasteiger charge is -2.24. The summed E-state index contributed by atoms with van der Waals surface area (Å²) in [6.07, 6.45) is 0. The Labute approximate surface area is 108 Å². The fraction of sp³-hybridized carbons (Fsp3) is 0.750. The zero-order valence-corrected chi connectivity index (χ0v) is 12.0. The second-order valence-corrected chi connectivity index (χ2v) is 5.01. The lowest BCUT2D eigenvalue weighted by Crippen LogP contribution is -2.30. The molecule has 1 N–H and O–H groups in total. The Morgan fingerprint density at radius 1 is 1.53 bits per heavy atom. The van der Waals surface area contributed by atoms with E-state index < -0.39 is 0 Å². The van der Waals surface area contributed by atoms with Crippen molar-refractivity contribution in [2.75, 3.05) is 31.7 Å². The average Bonchev–Trinajstić information content (AvgIpc) is 2.74. The van der Waals surface area contributed by atoms with Gasteiger partial charge in [-0.15, -0.1) is 11.3 Å². The van der Waals surface area contributed by atoms with E-state index >= 15 is 0 Å². The van der Waals surface area contributed by atoms with E-state index in [1.807, 2.05) is 0 Å². The van der Waals surface area contributed by atoms with Gasteiger partial charge in [-0.05, 0) is 20.8 Å². The Hall–Kier alpha value is -0.650. The number of nitrogens with zero attached hydrogens (tertiary/aromatic N) is 2. The summed E-state index contributed by atoms with van der Waals surface area (Å²) < 4.78 is 4.98. The Bertz CT molecular complexity index is 314. The van der Waals surface area contributed by atoms with Crippen LogP contribution in [0.4, 0.5) is 5.13 Å². The maximum Gasteiger partial charge on any atom is 0.185 e. The highest BCUT2D eigenvalue weighted by Gasteiger charge is 2.12. The molecule has 0 aliphatic carbocycles. The van der Waals surface area contributed by atoms with Crippen molar-refractivity contribution in [3.8, 4) is 0 Å². The van der Waals surface area contributed by atoms with Crippen LogP contribution in [0.3, 0.4) is 0 Å². The van der Waals surface area contributed by atoms with Crippen LogP contribution >= 0.6 is 11.3 Å². The summed E-state index contributed by atoms with van der Waals surface area (Å²) in [6.45, 7) is 9.98. The van der Waals surface area contributed by atoms with Gasteiger partial charge in [0.2, 0.25) is 0 Å². The summed E-state index contributed by atoms with van der Waals surface area (Å²) in [5, 5.41) is 6.54. The van der Waals surface area contributed by atoms with Crippen LogP contribution in [-0.4, -0.2) is 37.8 Å². The van der Waals surface area contributed by atoms with Crippen molar-refractivity contribution in [2.24, 2.45) is 0 Å². The lowest BCUT2D eigenvalue weighted by atomic mass is 10.3. The van der Waals surface area contributed by atoms with Gasteiger partial charge in [0.15, 0.2) is 5.13 Å². The smallest absolute Gasteiger partial charge is 0.185 e. The molecule has 0 radical (unpaired) electrons. The van der Waals surface area contributed by atoms with Gasteiger partial charge in [0.25, 0.3) is 0 Å². The molecule has 0 amide bonds. The SMILES string of the molecule is CCN(c1nc(CNCCOC)cs1)C(C)C. The van der Waals surface area contributed by atoms with Gasteiger partial charge in [-0.3, -0.25) is 0 Å². The van der Waals surface area contributed by atoms with Crippen LogP contribution in [0.15, 0.2) is 5.38 Å². The van der Waals surface area contributed by atoms with Crippen molar-refractivity contribution in [3.05, 3.63) is 11.1 Å². The lowest BCUT2D eigenvalue weighted by molar-refractivity contribution is 0.199. The third-order valence-electron chi connectivity index (χ3n) is 2.54. The van der Waals surface area contributed by atoms with Crippen LogP contribution in [0.25, 0.3) is 0 Å². The molecule has 1 aromatic heterocycles. The third-order valence-corrected chi connectivity index (χ3v) is 3.46. The molecule has 4 nitrogen and oxygen atoms in total. The van der Waals surface area contributed by atoms with E-state index in [1.165, 1.54) is 0 Å². The fourth-order valence-electron chi connectivity index (χ4n) is 1.62. The van der Waals surface area contributed by atoms with Gasteiger partial charge in [-0.2, -0.15) is 0 Å². The fourth-order valence-corrected chi connectivity index (χ4v) is 2.64. The van der Waals surface area contributed by atoms with Crippen LogP contribution < -0.4 is 10.2 Å². The summed E-state index contributed by atoms with van der Waals surface area (Å²) in [4.78, 5) is 6.95. The van der Waals surface area contributed by atoms with E-state index in [0.717, 1.165) is 37.1 Å². The second-order valence-electron chi connectivity index (χ2n) is 4.17. The molecule has 0 bridgehead atoms.